The van der Waals surface area contributed by atoms with Gasteiger partial charge in [-0.15, -0.1) is 0 Å². The zero-order valence-electron chi connectivity index (χ0n) is 13.1. The largest absolute Gasteiger partial charge is 0.480 e. The highest BCUT2D eigenvalue weighted by atomic mass is 16.4. The SMILES string of the molecule is Cn1c(=O)cc(C(=O)N2CCCC2(C)C(=O)O)c2ccccc21. The van der Waals surface area contributed by atoms with Crippen LogP contribution in [0.25, 0.3) is 10.9 Å². The first-order valence-electron chi connectivity index (χ1n) is 7.50. The Hall–Kier alpha value is -2.63. The van der Waals surface area contributed by atoms with Crippen molar-refractivity contribution in [2.75, 3.05) is 6.54 Å². The number of hydrogen-bond acceptors (Lipinski definition) is 3. The molecule has 1 fully saturated rings. The van der Waals surface area contributed by atoms with Crippen molar-refractivity contribution in [1.82, 2.24) is 9.47 Å². The Bertz CT molecular complexity index is 871. The number of carbonyl (C=O) groups is 2. The van der Waals surface area contributed by atoms with Gasteiger partial charge in [0.05, 0.1) is 11.1 Å². The molecule has 2 aromatic rings. The molecule has 1 saturated heterocycles. The minimum Gasteiger partial charge on any atom is -0.480 e. The average Bonchev–Trinajstić information content (AvgIpc) is 2.93. The molecule has 1 aromatic heterocycles. The van der Waals surface area contributed by atoms with Crippen LogP contribution in [0.1, 0.15) is 30.1 Å². The van der Waals surface area contributed by atoms with Crippen LogP contribution in [0.15, 0.2) is 35.1 Å². The molecule has 1 aliphatic rings. The van der Waals surface area contributed by atoms with E-state index in [-0.39, 0.29) is 11.1 Å². The fourth-order valence-electron chi connectivity index (χ4n) is 3.24. The van der Waals surface area contributed by atoms with Crippen molar-refractivity contribution in [2.24, 2.45) is 7.05 Å². The Kier molecular flexibility index (Phi) is 3.47. The van der Waals surface area contributed by atoms with Gasteiger partial charge >= 0.3 is 5.97 Å². The van der Waals surface area contributed by atoms with Crippen LogP contribution in [0.5, 0.6) is 0 Å². The molecule has 3 rings (SSSR count). The molecular weight excluding hydrogens is 296 g/mol. The van der Waals surface area contributed by atoms with Crippen molar-refractivity contribution in [3.05, 3.63) is 46.2 Å². The van der Waals surface area contributed by atoms with E-state index < -0.39 is 17.4 Å². The molecule has 1 N–H and O–H groups in total. The first-order valence-corrected chi connectivity index (χ1v) is 7.50. The summed E-state index contributed by atoms with van der Waals surface area (Å²) in [5.41, 5.74) is -0.597. The lowest BCUT2D eigenvalue weighted by molar-refractivity contribution is -0.147. The molecule has 0 saturated carbocycles. The van der Waals surface area contributed by atoms with Crippen molar-refractivity contribution in [3.8, 4) is 0 Å². The van der Waals surface area contributed by atoms with E-state index in [2.05, 4.69) is 0 Å². The maximum Gasteiger partial charge on any atom is 0.329 e. The molecule has 1 atom stereocenters. The number of nitrogens with zero attached hydrogens (tertiary/aromatic N) is 2. The molecule has 0 spiro atoms. The molecule has 120 valence electrons. The van der Waals surface area contributed by atoms with Crippen molar-refractivity contribution in [3.63, 3.8) is 0 Å². The van der Waals surface area contributed by atoms with Gasteiger partial charge in [-0.2, -0.15) is 0 Å². The zero-order chi connectivity index (χ0) is 16.8. The molecule has 0 radical (unpaired) electrons. The van der Waals surface area contributed by atoms with Gasteiger partial charge in [0.15, 0.2) is 0 Å². The molecule has 6 nitrogen and oxygen atoms in total. The number of likely N-dealkylation sites (tertiary alicyclic amines) is 1. The van der Waals surface area contributed by atoms with Gasteiger partial charge in [0.25, 0.3) is 11.5 Å². The second-order valence-electron chi connectivity index (χ2n) is 6.11. The third kappa shape index (κ3) is 2.21. The van der Waals surface area contributed by atoms with Gasteiger partial charge in [-0.05, 0) is 25.8 Å². The summed E-state index contributed by atoms with van der Waals surface area (Å²) in [7, 11) is 1.65. The highest BCUT2D eigenvalue weighted by Crippen LogP contribution is 2.31. The summed E-state index contributed by atoms with van der Waals surface area (Å²) in [6.07, 6.45) is 1.05. The van der Waals surface area contributed by atoms with Crippen molar-refractivity contribution in [1.29, 1.82) is 0 Å². The summed E-state index contributed by atoms with van der Waals surface area (Å²) in [6, 6.07) is 8.44. The van der Waals surface area contributed by atoms with E-state index >= 15 is 0 Å². The Labute approximate surface area is 132 Å². The maximum atomic E-state index is 13.0. The molecule has 23 heavy (non-hydrogen) atoms. The van der Waals surface area contributed by atoms with Crippen LogP contribution in [0.4, 0.5) is 0 Å². The van der Waals surface area contributed by atoms with Crippen LogP contribution in [-0.4, -0.2) is 38.5 Å². The zero-order valence-corrected chi connectivity index (χ0v) is 13.1. The topological polar surface area (TPSA) is 79.6 Å². The molecule has 1 unspecified atom stereocenters. The van der Waals surface area contributed by atoms with Crippen LogP contribution < -0.4 is 5.56 Å². The number of amides is 1. The maximum absolute atomic E-state index is 13.0. The standard InChI is InChI=1S/C17H18N2O4/c1-17(16(22)23)8-5-9-19(17)15(21)12-10-14(20)18(2)13-7-4-3-6-11(12)13/h3-4,6-7,10H,5,8-9H2,1-2H3,(H,22,23). The van der Waals surface area contributed by atoms with Crippen LogP contribution in [0.2, 0.25) is 0 Å². The average molecular weight is 314 g/mol. The van der Waals surface area contributed by atoms with E-state index in [1.807, 2.05) is 0 Å². The van der Waals surface area contributed by atoms with Gasteiger partial charge < -0.3 is 14.6 Å². The number of aliphatic carboxylic acids is 1. The minimum absolute atomic E-state index is 0.262. The molecule has 1 amide bonds. The monoisotopic (exact) mass is 314 g/mol. The fraction of sp³-hybridized carbons (Fsp3) is 0.353. The number of hydrogen-bond donors (Lipinski definition) is 1. The van der Waals surface area contributed by atoms with E-state index in [0.717, 1.165) is 0 Å². The Morgan fingerprint density at radius 2 is 1.96 bits per heavy atom. The number of pyridine rings is 1. The highest BCUT2D eigenvalue weighted by molar-refractivity contribution is 6.07. The number of aryl methyl sites for hydroxylation is 1. The van der Waals surface area contributed by atoms with Gasteiger partial charge in [0.1, 0.15) is 5.54 Å². The highest BCUT2D eigenvalue weighted by Gasteiger charge is 2.46. The van der Waals surface area contributed by atoms with Crippen LogP contribution in [0, 0.1) is 0 Å². The molecule has 0 bridgehead atoms. The number of aromatic nitrogens is 1. The number of carboxylic acid groups (broad SMARTS) is 1. The lowest BCUT2D eigenvalue weighted by Crippen LogP contribution is -2.51. The molecule has 1 aromatic carbocycles. The third-order valence-corrected chi connectivity index (χ3v) is 4.73. The summed E-state index contributed by atoms with van der Waals surface area (Å²) in [5, 5.41) is 10.1. The molecule has 0 aliphatic carbocycles. The number of fused-ring (bicyclic) bond motifs is 1. The smallest absolute Gasteiger partial charge is 0.329 e. The first-order chi connectivity index (χ1) is 10.9. The van der Waals surface area contributed by atoms with Gasteiger partial charge in [0, 0.05) is 25.0 Å². The quantitative estimate of drug-likeness (QED) is 0.913. The normalized spacial score (nSPS) is 20.9. The number of carbonyl (C=O) groups excluding carboxylic acids is 1. The number of rotatable bonds is 2. The summed E-state index contributed by atoms with van der Waals surface area (Å²) >= 11 is 0. The first kappa shape index (κ1) is 15.3. The van der Waals surface area contributed by atoms with Gasteiger partial charge in [-0.1, -0.05) is 18.2 Å². The van der Waals surface area contributed by atoms with E-state index in [0.29, 0.717) is 30.3 Å². The molecule has 2 heterocycles. The predicted octanol–water partition coefficient (Wildman–Crippen LogP) is 1.62. The second kappa shape index (κ2) is 5.22. The summed E-state index contributed by atoms with van der Waals surface area (Å²) in [6.45, 7) is 1.94. The van der Waals surface area contributed by atoms with Crippen LogP contribution in [-0.2, 0) is 11.8 Å². The second-order valence-corrected chi connectivity index (χ2v) is 6.11. The predicted molar refractivity (Wildman–Crippen MR) is 85.5 cm³/mol. The van der Waals surface area contributed by atoms with Crippen LogP contribution >= 0.6 is 0 Å². The molecular formula is C17H18N2O4. The van der Waals surface area contributed by atoms with Crippen molar-refractivity contribution < 1.29 is 14.7 Å². The number of para-hydroxylation sites is 1. The van der Waals surface area contributed by atoms with E-state index in [1.54, 1.807) is 38.2 Å². The van der Waals surface area contributed by atoms with Crippen molar-refractivity contribution in [2.45, 2.75) is 25.3 Å². The lowest BCUT2D eigenvalue weighted by Gasteiger charge is -2.31. The Balaban J connectivity index is 2.18. The summed E-state index contributed by atoms with van der Waals surface area (Å²) < 4.78 is 1.48. The Morgan fingerprint density at radius 3 is 2.65 bits per heavy atom. The lowest BCUT2D eigenvalue weighted by atomic mass is 9.98. The van der Waals surface area contributed by atoms with Gasteiger partial charge in [-0.3, -0.25) is 9.59 Å². The van der Waals surface area contributed by atoms with E-state index in [9.17, 15) is 19.5 Å². The Morgan fingerprint density at radius 1 is 1.26 bits per heavy atom. The fourth-order valence-corrected chi connectivity index (χ4v) is 3.24. The minimum atomic E-state index is -1.22. The summed E-state index contributed by atoms with van der Waals surface area (Å²) in [4.78, 5) is 38.1. The van der Waals surface area contributed by atoms with E-state index in [4.69, 9.17) is 0 Å². The van der Waals surface area contributed by atoms with Gasteiger partial charge in [-0.25, -0.2) is 4.79 Å². The number of carboxylic acids is 1. The summed E-state index contributed by atoms with van der Waals surface area (Å²) in [5.74, 6) is -1.42. The third-order valence-electron chi connectivity index (χ3n) is 4.73. The molecule has 6 heteroatoms. The number of benzene rings is 1. The molecule has 1 aliphatic heterocycles. The van der Waals surface area contributed by atoms with E-state index in [1.165, 1.54) is 15.5 Å². The van der Waals surface area contributed by atoms with Crippen LogP contribution in [0.3, 0.4) is 0 Å². The van der Waals surface area contributed by atoms with Gasteiger partial charge in [0.2, 0.25) is 0 Å². The van der Waals surface area contributed by atoms with Crippen molar-refractivity contribution >= 4 is 22.8 Å².